The minimum Gasteiger partial charge on any atom is -0.486 e. The summed E-state index contributed by atoms with van der Waals surface area (Å²) in [5, 5.41) is 12.6. The molecule has 0 radical (unpaired) electrons. The van der Waals surface area contributed by atoms with Crippen LogP contribution < -0.4 is 19.6 Å². The van der Waals surface area contributed by atoms with E-state index in [1.807, 2.05) is 0 Å². The van der Waals surface area contributed by atoms with Crippen LogP contribution in [0, 0.1) is 0 Å². The van der Waals surface area contributed by atoms with Gasteiger partial charge in [0.1, 0.15) is 19.0 Å². The van der Waals surface area contributed by atoms with Crippen molar-refractivity contribution in [2.24, 2.45) is 5.10 Å². The van der Waals surface area contributed by atoms with Crippen molar-refractivity contribution in [2.45, 2.75) is 0 Å². The molecule has 2 N–H and O–H groups in total. The number of hydrazone groups is 1. The zero-order chi connectivity index (χ0) is 18.4. The lowest BCUT2D eigenvalue weighted by Crippen LogP contribution is -2.19. The summed E-state index contributed by atoms with van der Waals surface area (Å²) < 4.78 is 16.0. The zero-order valence-corrected chi connectivity index (χ0v) is 13.7. The standard InChI is InChI=1S/C18H16N2O6/c21-17(22)11-26-14-4-2-1-3-13(14)10-19-20-18(23)12-5-6-15-16(9-12)25-8-7-24-15/h1-6,9-10H,7-8,11H2,(H,20,23)(H,21,22)/b19-10+. The predicted molar refractivity (Wildman–Crippen MR) is 92.1 cm³/mol. The molecular formula is C18H16N2O6. The molecule has 0 unspecified atom stereocenters. The van der Waals surface area contributed by atoms with Gasteiger partial charge in [-0.25, -0.2) is 10.2 Å². The number of nitrogens with zero attached hydrogens (tertiary/aromatic N) is 1. The average Bonchev–Trinajstić information content (AvgIpc) is 2.66. The number of nitrogens with one attached hydrogen (secondary N) is 1. The molecule has 0 saturated carbocycles. The van der Waals surface area contributed by atoms with E-state index >= 15 is 0 Å². The minimum atomic E-state index is -1.08. The second-order valence-corrected chi connectivity index (χ2v) is 5.28. The number of carbonyl (C=O) groups is 2. The molecular weight excluding hydrogens is 340 g/mol. The highest BCUT2D eigenvalue weighted by molar-refractivity contribution is 5.95. The molecule has 1 aliphatic heterocycles. The minimum absolute atomic E-state index is 0.354. The van der Waals surface area contributed by atoms with E-state index in [-0.39, 0.29) is 0 Å². The molecule has 0 aromatic heterocycles. The van der Waals surface area contributed by atoms with Crippen LogP contribution in [0.2, 0.25) is 0 Å². The van der Waals surface area contributed by atoms with Gasteiger partial charge in [-0.3, -0.25) is 4.79 Å². The lowest BCUT2D eigenvalue weighted by atomic mass is 10.2. The Balaban J connectivity index is 1.65. The molecule has 134 valence electrons. The number of rotatable bonds is 6. The molecule has 8 nitrogen and oxygen atoms in total. The van der Waals surface area contributed by atoms with Crippen LogP contribution in [0.3, 0.4) is 0 Å². The Kier molecular flexibility index (Phi) is 5.33. The van der Waals surface area contributed by atoms with E-state index < -0.39 is 18.5 Å². The molecule has 3 rings (SSSR count). The first-order valence-electron chi connectivity index (χ1n) is 7.80. The number of carboxylic acids is 1. The summed E-state index contributed by atoms with van der Waals surface area (Å²) in [7, 11) is 0. The SMILES string of the molecule is O=C(O)COc1ccccc1/C=N/NC(=O)c1ccc2c(c1)OCCO2. The topological polar surface area (TPSA) is 106 Å². The van der Waals surface area contributed by atoms with Gasteiger partial charge in [0.25, 0.3) is 5.91 Å². The summed E-state index contributed by atoms with van der Waals surface area (Å²) in [5.41, 5.74) is 3.32. The number of carboxylic acid groups (broad SMARTS) is 1. The molecule has 0 fully saturated rings. The van der Waals surface area contributed by atoms with E-state index in [1.54, 1.807) is 42.5 Å². The number of aliphatic carboxylic acids is 1. The molecule has 8 heteroatoms. The monoisotopic (exact) mass is 356 g/mol. The molecule has 26 heavy (non-hydrogen) atoms. The van der Waals surface area contributed by atoms with E-state index in [2.05, 4.69) is 10.5 Å². The molecule has 0 bridgehead atoms. The van der Waals surface area contributed by atoms with Crippen LogP contribution >= 0.6 is 0 Å². The van der Waals surface area contributed by atoms with Crippen molar-refractivity contribution in [1.82, 2.24) is 5.43 Å². The third-order valence-corrected chi connectivity index (χ3v) is 3.44. The lowest BCUT2D eigenvalue weighted by Gasteiger charge is -2.18. The van der Waals surface area contributed by atoms with E-state index in [4.69, 9.17) is 19.3 Å². The second-order valence-electron chi connectivity index (χ2n) is 5.28. The molecule has 0 saturated heterocycles. The number of carbonyl (C=O) groups excluding carboxylic acids is 1. The van der Waals surface area contributed by atoms with Gasteiger partial charge in [0.15, 0.2) is 18.1 Å². The summed E-state index contributed by atoms with van der Waals surface area (Å²) in [6.07, 6.45) is 1.38. The van der Waals surface area contributed by atoms with Gasteiger partial charge in [-0.1, -0.05) is 12.1 Å². The number of hydrogen-bond donors (Lipinski definition) is 2. The summed E-state index contributed by atoms with van der Waals surface area (Å²) in [5.74, 6) is -0.0286. The summed E-state index contributed by atoms with van der Waals surface area (Å²) in [6.45, 7) is 0.448. The summed E-state index contributed by atoms with van der Waals surface area (Å²) >= 11 is 0. The molecule has 2 aromatic carbocycles. The van der Waals surface area contributed by atoms with Crippen molar-refractivity contribution >= 4 is 18.1 Å². The van der Waals surface area contributed by atoms with Crippen molar-refractivity contribution in [3.63, 3.8) is 0 Å². The zero-order valence-electron chi connectivity index (χ0n) is 13.7. The predicted octanol–water partition coefficient (Wildman–Crippen LogP) is 1.69. The van der Waals surface area contributed by atoms with Gasteiger partial charge in [0, 0.05) is 11.1 Å². The van der Waals surface area contributed by atoms with Crippen LogP contribution in [-0.4, -0.2) is 43.0 Å². The van der Waals surface area contributed by atoms with Gasteiger partial charge in [-0.15, -0.1) is 0 Å². The molecule has 0 atom stereocenters. The number of amides is 1. The third-order valence-electron chi connectivity index (χ3n) is 3.44. The highest BCUT2D eigenvalue weighted by atomic mass is 16.6. The second kappa shape index (κ2) is 8.02. The normalized spacial score (nSPS) is 12.6. The van der Waals surface area contributed by atoms with Gasteiger partial charge >= 0.3 is 5.97 Å². The van der Waals surface area contributed by atoms with Gasteiger partial charge < -0.3 is 19.3 Å². The molecule has 0 aliphatic carbocycles. The van der Waals surface area contributed by atoms with Crippen molar-refractivity contribution in [3.8, 4) is 17.2 Å². The van der Waals surface area contributed by atoms with Crippen LogP contribution in [-0.2, 0) is 4.79 Å². The van der Waals surface area contributed by atoms with Crippen LogP contribution in [0.15, 0.2) is 47.6 Å². The van der Waals surface area contributed by atoms with E-state index in [9.17, 15) is 9.59 Å². The van der Waals surface area contributed by atoms with Crippen LogP contribution in [0.4, 0.5) is 0 Å². The first kappa shape index (κ1) is 17.3. The smallest absolute Gasteiger partial charge is 0.341 e. The first-order chi connectivity index (χ1) is 12.6. The Bertz CT molecular complexity index is 849. The van der Waals surface area contributed by atoms with Gasteiger partial charge in [-0.05, 0) is 30.3 Å². The van der Waals surface area contributed by atoms with Gasteiger partial charge in [0.05, 0.1) is 6.21 Å². The Morgan fingerprint density at radius 2 is 1.92 bits per heavy atom. The van der Waals surface area contributed by atoms with Crippen LogP contribution in [0.25, 0.3) is 0 Å². The fourth-order valence-electron chi connectivity index (χ4n) is 2.27. The van der Waals surface area contributed by atoms with Gasteiger partial charge in [-0.2, -0.15) is 5.10 Å². The maximum absolute atomic E-state index is 12.2. The van der Waals surface area contributed by atoms with Crippen molar-refractivity contribution in [3.05, 3.63) is 53.6 Å². The Morgan fingerprint density at radius 1 is 1.15 bits per heavy atom. The number of fused-ring (bicyclic) bond motifs is 1. The van der Waals surface area contributed by atoms with Crippen LogP contribution in [0.1, 0.15) is 15.9 Å². The number of ether oxygens (including phenoxy) is 3. The summed E-state index contributed by atoms with van der Waals surface area (Å²) in [4.78, 5) is 22.8. The Morgan fingerprint density at radius 3 is 2.73 bits per heavy atom. The third kappa shape index (κ3) is 4.29. The van der Waals surface area contributed by atoms with E-state index in [0.717, 1.165) is 0 Å². The van der Waals surface area contributed by atoms with Crippen LogP contribution in [0.5, 0.6) is 17.2 Å². The Hall–Kier alpha value is -3.55. The maximum atomic E-state index is 12.2. The lowest BCUT2D eigenvalue weighted by molar-refractivity contribution is -0.139. The maximum Gasteiger partial charge on any atom is 0.341 e. The highest BCUT2D eigenvalue weighted by Gasteiger charge is 2.14. The molecule has 2 aromatic rings. The number of para-hydroxylation sites is 1. The summed E-state index contributed by atoms with van der Waals surface area (Å²) in [6, 6.07) is 11.6. The number of hydrogen-bond acceptors (Lipinski definition) is 6. The van der Waals surface area contributed by atoms with E-state index in [1.165, 1.54) is 6.21 Å². The molecule has 0 spiro atoms. The van der Waals surface area contributed by atoms with Crippen molar-refractivity contribution in [1.29, 1.82) is 0 Å². The fourth-order valence-corrected chi connectivity index (χ4v) is 2.27. The van der Waals surface area contributed by atoms with Gasteiger partial charge in [0.2, 0.25) is 0 Å². The molecule has 1 aliphatic rings. The highest BCUT2D eigenvalue weighted by Crippen LogP contribution is 2.30. The van der Waals surface area contributed by atoms with E-state index in [0.29, 0.717) is 41.6 Å². The molecule has 1 amide bonds. The quantitative estimate of drug-likeness (QED) is 0.602. The van der Waals surface area contributed by atoms with Crippen molar-refractivity contribution < 1.29 is 28.9 Å². The largest absolute Gasteiger partial charge is 0.486 e. The fraction of sp³-hybridized carbons (Fsp3) is 0.167. The number of benzene rings is 2. The Labute approximate surface area is 149 Å². The first-order valence-corrected chi connectivity index (χ1v) is 7.80. The average molecular weight is 356 g/mol. The van der Waals surface area contributed by atoms with Crippen molar-refractivity contribution in [2.75, 3.05) is 19.8 Å². The molecule has 1 heterocycles.